The van der Waals surface area contributed by atoms with Crippen LogP contribution in [0.25, 0.3) is 0 Å². The number of ketones is 1. The Morgan fingerprint density at radius 3 is 2.79 bits per heavy atom. The molecule has 5 heteroatoms. The summed E-state index contributed by atoms with van der Waals surface area (Å²) in [5, 5.41) is 3.10. The molecule has 104 valence electrons. The van der Waals surface area contributed by atoms with Gasteiger partial charge in [-0.05, 0) is 37.4 Å². The van der Waals surface area contributed by atoms with Crippen molar-refractivity contribution in [1.82, 2.24) is 5.32 Å². The molecule has 1 heterocycles. The number of Topliss-reactive ketones (excluding diaryl/α,β-unsaturated/α-hetero) is 1. The van der Waals surface area contributed by atoms with Gasteiger partial charge in [0.25, 0.3) is 0 Å². The molecule has 1 N–H and O–H groups in total. The number of rotatable bonds is 4. The number of alkyl halides is 3. The number of carbonyl (C=O) groups is 1. The van der Waals surface area contributed by atoms with E-state index in [0.29, 0.717) is 18.4 Å². The Morgan fingerprint density at radius 2 is 2.16 bits per heavy atom. The van der Waals surface area contributed by atoms with Crippen molar-refractivity contribution in [2.75, 3.05) is 6.54 Å². The van der Waals surface area contributed by atoms with Crippen LogP contribution >= 0.6 is 0 Å². The molecule has 2 rings (SSSR count). The van der Waals surface area contributed by atoms with Crippen molar-refractivity contribution in [1.29, 1.82) is 0 Å². The molecule has 1 aliphatic heterocycles. The molecule has 2 nitrogen and oxygen atoms in total. The summed E-state index contributed by atoms with van der Waals surface area (Å²) in [5.74, 6) is 0.0925. The summed E-state index contributed by atoms with van der Waals surface area (Å²) in [4.78, 5) is 11.8. The predicted octanol–water partition coefficient (Wildman–Crippen LogP) is 2.96. The van der Waals surface area contributed by atoms with E-state index < -0.39 is 11.7 Å². The lowest BCUT2D eigenvalue weighted by atomic mass is 10.0. The zero-order chi connectivity index (χ0) is 13.9. The highest BCUT2D eigenvalue weighted by Crippen LogP contribution is 2.29. The van der Waals surface area contributed by atoms with Gasteiger partial charge in [0.15, 0.2) is 0 Å². The summed E-state index contributed by atoms with van der Waals surface area (Å²) in [6.45, 7) is 0.847. The minimum Gasteiger partial charge on any atom is -0.307 e. The average molecular weight is 271 g/mol. The van der Waals surface area contributed by atoms with Gasteiger partial charge in [0, 0.05) is 6.42 Å². The number of nitrogens with one attached hydrogen (secondary N) is 1. The summed E-state index contributed by atoms with van der Waals surface area (Å²) in [7, 11) is 0. The number of benzene rings is 1. The third kappa shape index (κ3) is 3.80. The summed E-state index contributed by atoms with van der Waals surface area (Å²) < 4.78 is 37.6. The van der Waals surface area contributed by atoms with Gasteiger partial charge in [-0.1, -0.05) is 18.2 Å². The molecule has 1 aromatic carbocycles. The van der Waals surface area contributed by atoms with Crippen LogP contribution in [-0.2, 0) is 17.4 Å². The van der Waals surface area contributed by atoms with Gasteiger partial charge in [-0.25, -0.2) is 0 Å². The van der Waals surface area contributed by atoms with Crippen LogP contribution in [0, 0.1) is 0 Å². The highest BCUT2D eigenvalue weighted by Gasteiger charge is 2.30. The van der Waals surface area contributed by atoms with Crippen molar-refractivity contribution in [3.8, 4) is 0 Å². The van der Waals surface area contributed by atoms with Crippen LogP contribution in [0.3, 0.4) is 0 Å². The van der Waals surface area contributed by atoms with E-state index in [0.717, 1.165) is 31.5 Å². The Morgan fingerprint density at radius 1 is 1.37 bits per heavy atom. The third-order valence-corrected chi connectivity index (χ3v) is 3.36. The van der Waals surface area contributed by atoms with Crippen LogP contribution in [0.15, 0.2) is 24.3 Å². The fourth-order valence-corrected chi connectivity index (χ4v) is 2.30. The molecule has 0 spiro atoms. The Balaban J connectivity index is 1.94. The van der Waals surface area contributed by atoms with Crippen molar-refractivity contribution in [3.05, 3.63) is 35.4 Å². The smallest absolute Gasteiger partial charge is 0.307 e. The lowest BCUT2D eigenvalue weighted by Gasteiger charge is -2.10. The summed E-state index contributed by atoms with van der Waals surface area (Å²) in [5.41, 5.74) is -0.0994. The summed E-state index contributed by atoms with van der Waals surface area (Å²) in [6.07, 6.45) is -1.85. The Bertz CT molecular complexity index is 450. The SMILES string of the molecule is O=C(CCc1cccc(C(F)(F)F)c1)C1CCCN1. The van der Waals surface area contributed by atoms with E-state index in [4.69, 9.17) is 0 Å². The fraction of sp³-hybridized carbons (Fsp3) is 0.500. The van der Waals surface area contributed by atoms with Crippen LogP contribution in [0.4, 0.5) is 13.2 Å². The summed E-state index contributed by atoms with van der Waals surface area (Å²) in [6, 6.07) is 5.08. The minimum atomic E-state index is -4.33. The second-order valence-corrected chi connectivity index (χ2v) is 4.81. The van der Waals surface area contributed by atoms with E-state index in [1.165, 1.54) is 6.07 Å². The van der Waals surface area contributed by atoms with Crippen molar-refractivity contribution < 1.29 is 18.0 Å². The maximum atomic E-state index is 12.5. The molecule has 0 aliphatic carbocycles. The van der Waals surface area contributed by atoms with Crippen LogP contribution in [0.5, 0.6) is 0 Å². The van der Waals surface area contributed by atoms with Gasteiger partial charge in [0.2, 0.25) is 0 Å². The van der Waals surface area contributed by atoms with E-state index in [9.17, 15) is 18.0 Å². The van der Waals surface area contributed by atoms with Gasteiger partial charge >= 0.3 is 6.18 Å². The Hall–Kier alpha value is -1.36. The quantitative estimate of drug-likeness (QED) is 0.912. The number of hydrogen-bond donors (Lipinski definition) is 1. The molecule has 0 saturated carbocycles. The van der Waals surface area contributed by atoms with E-state index in [1.807, 2.05) is 0 Å². The van der Waals surface area contributed by atoms with Crippen LogP contribution in [-0.4, -0.2) is 18.4 Å². The van der Waals surface area contributed by atoms with E-state index >= 15 is 0 Å². The zero-order valence-electron chi connectivity index (χ0n) is 10.5. The monoisotopic (exact) mass is 271 g/mol. The Kier molecular flexibility index (Phi) is 4.24. The highest BCUT2D eigenvalue weighted by molar-refractivity contribution is 5.84. The minimum absolute atomic E-state index is 0.0925. The largest absolute Gasteiger partial charge is 0.416 e. The fourth-order valence-electron chi connectivity index (χ4n) is 2.30. The second-order valence-electron chi connectivity index (χ2n) is 4.81. The lowest BCUT2D eigenvalue weighted by molar-refractivity contribution is -0.137. The third-order valence-electron chi connectivity index (χ3n) is 3.36. The number of halogens is 3. The molecule has 19 heavy (non-hydrogen) atoms. The first kappa shape index (κ1) is 14.1. The maximum Gasteiger partial charge on any atom is 0.416 e. The predicted molar refractivity (Wildman–Crippen MR) is 65.8 cm³/mol. The highest BCUT2D eigenvalue weighted by atomic mass is 19.4. The zero-order valence-corrected chi connectivity index (χ0v) is 10.5. The molecule has 1 saturated heterocycles. The van der Waals surface area contributed by atoms with Gasteiger partial charge in [-0.15, -0.1) is 0 Å². The summed E-state index contributed by atoms with van der Waals surface area (Å²) >= 11 is 0. The molecule has 1 atom stereocenters. The van der Waals surface area contributed by atoms with Crippen LogP contribution < -0.4 is 5.32 Å². The topological polar surface area (TPSA) is 29.1 Å². The first-order valence-electron chi connectivity index (χ1n) is 6.39. The van der Waals surface area contributed by atoms with Crippen LogP contribution in [0.2, 0.25) is 0 Å². The molecule has 1 unspecified atom stereocenters. The molecule has 0 bridgehead atoms. The molecule has 1 aromatic rings. The normalized spacial score (nSPS) is 19.6. The number of aryl methyl sites for hydroxylation is 1. The lowest BCUT2D eigenvalue weighted by Crippen LogP contribution is -2.30. The first-order valence-corrected chi connectivity index (χ1v) is 6.39. The number of carbonyl (C=O) groups excluding carboxylic acids is 1. The molecule has 1 aliphatic rings. The first-order chi connectivity index (χ1) is 8.97. The Labute approximate surface area is 110 Å². The number of hydrogen-bond acceptors (Lipinski definition) is 2. The van der Waals surface area contributed by atoms with Gasteiger partial charge in [-0.3, -0.25) is 4.79 Å². The van der Waals surface area contributed by atoms with Crippen molar-refractivity contribution in [3.63, 3.8) is 0 Å². The van der Waals surface area contributed by atoms with Gasteiger partial charge < -0.3 is 5.32 Å². The average Bonchev–Trinajstić information content (AvgIpc) is 2.89. The molecule has 0 aromatic heterocycles. The van der Waals surface area contributed by atoms with E-state index in [-0.39, 0.29) is 11.8 Å². The molecule has 1 fully saturated rings. The van der Waals surface area contributed by atoms with Gasteiger partial charge in [-0.2, -0.15) is 13.2 Å². The molecular formula is C14H16F3NO. The molecular weight excluding hydrogens is 255 g/mol. The molecule has 0 radical (unpaired) electrons. The van der Waals surface area contributed by atoms with Gasteiger partial charge in [0.05, 0.1) is 11.6 Å². The van der Waals surface area contributed by atoms with Crippen molar-refractivity contribution in [2.45, 2.75) is 37.9 Å². The van der Waals surface area contributed by atoms with Crippen molar-refractivity contribution in [2.24, 2.45) is 0 Å². The van der Waals surface area contributed by atoms with Gasteiger partial charge in [0.1, 0.15) is 5.78 Å². The maximum absolute atomic E-state index is 12.5. The standard InChI is InChI=1S/C14H16F3NO/c15-14(16,17)11-4-1-3-10(9-11)6-7-13(19)12-5-2-8-18-12/h1,3-4,9,12,18H,2,5-8H2. The van der Waals surface area contributed by atoms with E-state index in [2.05, 4.69) is 5.32 Å². The molecule has 0 amide bonds. The van der Waals surface area contributed by atoms with Crippen LogP contribution in [0.1, 0.15) is 30.4 Å². The van der Waals surface area contributed by atoms with E-state index in [1.54, 1.807) is 6.07 Å². The van der Waals surface area contributed by atoms with Crippen molar-refractivity contribution >= 4 is 5.78 Å². The second kappa shape index (κ2) is 5.74.